The van der Waals surface area contributed by atoms with E-state index in [1.54, 1.807) is 10.9 Å². The second kappa shape index (κ2) is 7.28. The maximum absolute atomic E-state index is 8.69. The topological polar surface area (TPSA) is 59.3 Å². The molecule has 0 saturated heterocycles. The molecule has 0 aliphatic rings. The van der Waals surface area contributed by atoms with Crippen LogP contribution in [0.5, 0.6) is 5.75 Å². The van der Waals surface area contributed by atoms with Crippen LogP contribution in [0.1, 0.15) is 0 Å². The molecule has 0 bridgehead atoms. The van der Waals surface area contributed by atoms with Crippen molar-refractivity contribution < 1.29 is 9.84 Å². The van der Waals surface area contributed by atoms with Gasteiger partial charge < -0.3 is 15.2 Å². The maximum atomic E-state index is 8.69. The number of hydrogen-bond donors (Lipinski definition) is 2. The largest absolute Gasteiger partial charge is 0.492 e. The van der Waals surface area contributed by atoms with E-state index in [1.165, 1.54) is 0 Å². The third kappa shape index (κ3) is 3.50. The van der Waals surface area contributed by atoms with Crippen LogP contribution < -0.4 is 10.1 Å². The van der Waals surface area contributed by atoms with E-state index >= 15 is 0 Å². The number of halogens is 1. The second-order valence-corrected chi connectivity index (χ2v) is 4.69. The monoisotopic (exact) mass is 295 g/mol. The van der Waals surface area contributed by atoms with Gasteiger partial charge in [-0.05, 0) is 12.1 Å². The summed E-state index contributed by atoms with van der Waals surface area (Å²) >= 11 is 6.18. The Labute approximate surface area is 123 Å². The minimum absolute atomic E-state index is 0.126. The number of ether oxygens (including phenoxy) is 1. The average molecular weight is 296 g/mol. The first-order chi connectivity index (χ1) is 9.74. The Balaban J connectivity index is 2.11. The fourth-order valence-electron chi connectivity index (χ4n) is 1.94. The summed E-state index contributed by atoms with van der Waals surface area (Å²) < 4.78 is 7.50. The predicted octanol–water partition coefficient (Wildman–Crippen LogP) is 1.70. The van der Waals surface area contributed by atoms with Crippen LogP contribution in [0.4, 0.5) is 0 Å². The van der Waals surface area contributed by atoms with Gasteiger partial charge in [0.2, 0.25) is 0 Å². The highest BCUT2D eigenvalue weighted by molar-refractivity contribution is 6.33. The van der Waals surface area contributed by atoms with Crippen molar-refractivity contribution in [1.82, 2.24) is 15.1 Å². The normalized spacial score (nSPS) is 10.8. The number of aliphatic hydroxyl groups excluding tert-OH is 1. The molecule has 0 unspecified atom stereocenters. The van der Waals surface area contributed by atoms with Crippen LogP contribution in [0.3, 0.4) is 0 Å². The predicted molar refractivity (Wildman–Crippen MR) is 79.1 cm³/mol. The Kier molecular flexibility index (Phi) is 5.40. The van der Waals surface area contributed by atoms with Crippen LogP contribution in [0.2, 0.25) is 5.02 Å². The van der Waals surface area contributed by atoms with Gasteiger partial charge in [0.1, 0.15) is 12.4 Å². The van der Waals surface area contributed by atoms with Crippen molar-refractivity contribution in [2.24, 2.45) is 7.05 Å². The number of hydrogen-bond acceptors (Lipinski definition) is 4. The smallest absolute Gasteiger partial charge is 0.128 e. The van der Waals surface area contributed by atoms with Gasteiger partial charge in [-0.15, -0.1) is 0 Å². The highest BCUT2D eigenvalue weighted by Gasteiger charge is 2.13. The van der Waals surface area contributed by atoms with Gasteiger partial charge in [-0.3, -0.25) is 4.68 Å². The SMILES string of the molecule is Cn1ncc(Cl)c1-c1ccccc1OCCNCCO. The van der Waals surface area contributed by atoms with E-state index in [0.717, 1.165) is 17.0 Å². The van der Waals surface area contributed by atoms with Gasteiger partial charge in [0.15, 0.2) is 0 Å². The average Bonchev–Trinajstić information content (AvgIpc) is 2.79. The Morgan fingerprint density at radius 2 is 2.15 bits per heavy atom. The fraction of sp³-hybridized carbons (Fsp3) is 0.357. The van der Waals surface area contributed by atoms with Gasteiger partial charge in [-0.2, -0.15) is 5.10 Å². The molecule has 1 aromatic heterocycles. The lowest BCUT2D eigenvalue weighted by molar-refractivity contribution is 0.276. The van der Waals surface area contributed by atoms with E-state index in [0.29, 0.717) is 24.7 Å². The molecule has 2 rings (SSSR count). The quantitative estimate of drug-likeness (QED) is 0.764. The van der Waals surface area contributed by atoms with E-state index in [1.807, 2.05) is 31.3 Å². The molecule has 2 aromatic rings. The lowest BCUT2D eigenvalue weighted by atomic mass is 10.1. The molecule has 0 atom stereocenters. The number of para-hydroxylation sites is 1. The first kappa shape index (κ1) is 14.8. The zero-order valence-electron chi connectivity index (χ0n) is 11.3. The minimum Gasteiger partial charge on any atom is -0.492 e. The molecule has 0 saturated carbocycles. The van der Waals surface area contributed by atoms with Gasteiger partial charge >= 0.3 is 0 Å². The number of aryl methyl sites for hydroxylation is 1. The van der Waals surface area contributed by atoms with E-state index in [9.17, 15) is 0 Å². The minimum atomic E-state index is 0.126. The summed E-state index contributed by atoms with van der Waals surface area (Å²) in [5.74, 6) is 0.767. The van der Waals surface area contributed by atoms with Crippen LogP contribution in [-0.2, 0) is 7.05 Å². The third-order valence-corrected chi connectivity index (χ3v) is 3.14. The second-order valence-electron chi connectivity index (χ2n) is 4.28. The summed E-state index contributed by atoms with van der Waals surface area (Å²) in [4.78, 5) is 0. The summed E-state index contributed by atoms with van der Waals surface area (Å²) in [6.45, 7) is 1.89. The first-order valence-corrected chi connectivity index (χ1v) is 6.83. The molecule has 1 aromatic carbocycles. The number of nitrogens with zero attached hydrogens (tertiary/aromatic N) is 2. The Hall–Kier alpha value is -1.56. The molecular formula is C14H18ClN3O2. The summed E-state index contributed by atoms with van der Waals surface area (Å²) in [6.07, 6.45) is 1.62. The summed E-state index contributed by atoms with van der Waals surface area (Å²) in [7, 11) is 1.85. The van der Waals surface area contributed by atoms with Gasteiger partial charge in [-0.1, -0.05) is 23.7 Å². The van der Waals surface area contributed by atoms with Crippen LogP contribution in [-0.4, -0.2) is 41.2 Å². The van der Waals surface area contributed by atoms with E-state index in [4.69, 9.17) is 21.4 Å². The third-order valence-electron chi connectivity index (χ3n) is 2.86. The summed E-state index contributed by atoms with van der Waals surface area (Å²) in [5, 5.41) is 16.5. The van der Waals surface area contributed by atoms with Crippen molar-refractivity contribution >= 4 is 11.6 Å². The number of benzene rings is 1. The number of rotatable bonds is 7. The van der Waals surface area contributed by atoms with Crippen LogP contribution in [0.25, 0.3) is 11.3 Å². The van der Waals surface area contributed by atoms with Crippen molar-refractivity contribution in [3.8, 4) is 17.0 Å². The number of nitrogens with one attached hydrogen (secondary N) is 1. The molecule has 108 valence electrons. The molecular weight excluding hydrogens is 278 g/mol. The van der Waals surface area contributed by atoms with Crippen LogP contribution in [0, 0.1) is 0 Å². The molecule has 0 radical (unpaired) electrons. The number of aromatic nitrogens is 2. The molecule has 0 spiro atoms. The van der Waals surface area contributed by atoms with Gasteiger partial charge in [0.25, 0.3) is 0 Å². The van der Waals surface area contributed by atoms with Crippen LogP contribution in [0.15, 0.2) is 30.5 Å². The fourth-order valence-corrected chi connectivity index (χ4v) is 2.21. The van der Waals surface area contributed by atoms with E-state index < -0.39 is 0 Å². The van der Waals surface area contributed by atoms with Crippen molar-refractivity contribution in [2.75, 3.05) is 26.3 Å². The molecule has 0 aliphatic heterocycles. The van der Waals surface area contributed by atoms with Crippen molar-refractivity contribution in [3.05, 3.63) is 35.5 Å². The van der Waals surface area contributed by atoms with Crippen molar-refractivity contribution in [1.29, 1.82) is 0 Å². The zero-order valence-corrected chi connectivity index (χ0v) is 12.1. The molecule has 0 fully saturated rings. The lowest BCUT2D eigenvalue weighted by Gasteiger charge is -2.12. The summed E-state index contributed by atoms with van der Waals surface area (Å²) in [6, 6.07) is 7.73. The Morgan fingerprint density at radius 1 is 1.35 bits per heavy atom. The highest BCUT2D eigenvalue weighted by atomic mass is 35.5. The highest BCUT2D eigenvalue weighted by Crippen LogP contribution is 2.34. The maximum Gasteiger partial charge on any atom is 0.128 e. The van der Waals surface area contributed by atoms with Gasteiger partial charge in [-0.25, -0.2) is 0 Å². The Morgan fingerprint density at radius 3 is 2.85 bits per heavy atom. The molecule has 0 amide bonds. The Bertz CT molecular complexity index is 538. The molecule has 5 nitrogen and oxygen atoms in total. The van der Waals surface area contributed by atoms with Crippen molar-refractivity contribution in [3.63, 3.8) is 0 Å². The van der Waals surface area contributed by atoms with Gasteiger partial charge in [0.05, 0.1) is 23.5 Å². The molecule has 0 aliphatic carbocycles. The number of aliphatic hydroxyl groups is 1. The molecule has 6 heteroatoms. The van der Waals surface area contributed by atoms with E-state index in [-0.39, 0.29) is 6.61 Å². The lowest BCUT2D eigenvalue weighted by Crippen LogP contribution is -2.24. The zero-order chi connectivity index (χ0) is 14.4. The van der Waals surface area contributed by atoms with Gasteiger partial charge in [0, 0.05) is 25.7 Å². The molecule has 2 N–H and O–H groups in total. The van der Waals surface area contributed by atoms with E-state index in [2.05, 4.69) is 10.4 Å². The standard InChI is InChI=1S/C14H18ClN3O2/c1-18-14(12(15)10-17-18)11-4-2-3-5-13(11)20-9-7-16-6-8-19/h2-5,10,16,19H,6-9H2,1H3. The van der Waals surface area contributed by atoms with Crippen LogP contribution >= 0.6 is 11.6 Å². The van der Waals surface area contributed by atoms with Crippen molar-refractivity contribution in [2.45, 2.75) is 0 Å². The molecule has 20 heavy (non-hydrogen) atoms. The molecule has 1 heterocycles. The first-order valence-electron chi connectivity index (χ1n) is 6.45. The summed E-state index contributed by atoms with van der Waals surface area (Å²) in [5.41, 5.74) is 1.75.